The average Bonchev–Trinajstić information content (AvgIpc) is 2.55. The quantitative estimate of drug-likeness (QED) is 0.577. The van der Waals surface area contributed by atoms with Crippen LogP contribution in [0.5, 0.6) is 0 Å². The van der Waals surface area contributed by atoms with Gasteiger partial charge in [0.1, 0.15) is 4.83 Å². The zero-order valence-corrected chi connectivity index (χ0v) is 8.91. The zero-order valence-electron chi connectivity index (χ0n) is 8.10. The molecule has 0 aliphatic heterocycles. The molecule has 4 heteroatoms. The molecule has 0 atom stereocenters. The molecular weight excluding hydrogens is 208 g/mol. The first-order valence-corrected chi connectivity index (χ1v) is 5.42. The molecular formula is C11H8N2OS. The third-order valence-electron chi connectivity index (χ3n) is 2.53. The van der Waals surface area contributed by atoms with Gasteiger partial charge >= 0.3 is 4.87 Å². The molecule has 1 aromatic carbocycles. The summed E-state index contributed by atoms with van der Waals surface area (Å²) in [6.07, 6.45) is 1.81. The molecule has 3 aromatic rings. The second-order valence-corrected chi connectivity index (χ2v) is 4.37. The Balaban J connectivity index is 2.69. The summed E-state index contributed by atoms with van der Waals surface area (Å²) in [6.45, 7) is 0. The lowest BCUT2D eigenvalue weighted by atomic mass is 10.2. The van der Waals surface area contributed by atoms with Crippen LogP contribution in [0, 0.1) is 0 Å². The fraction of sp³-hybridized carbons (Fsp3) is 0.0909. The highest BCUT2D eigenvalue weighted by molar-refractivity contribution is 7.16. The lowest BCUT2D eigenvalue weighted by Crippen LogP contribution is -2.06. The summed E-state index contributed by atoms with van der Waals surface area (Å²) in [7, 11) is 1.79. The van der Waals surface area contributed by atoms with Crippen molar-refractivity contribution in [1.82, 2.24) is 9.55 Å². The van der Waals surface area contributed by atoms with Gasteiger partial charge in [-0.05, 0) is 0 Å². The first kappa shape index (κ1) is 8.61. The molecule has 3 nitrogen and oxygen atoms in total. The first-order valence-electron chi connectivity index (χ1n) is 4.60. The Labute approximate surface area is 89.6 Å². The molecule has 0 saturated heterocycles. The molecule has 0 fully saturated rings. The van der Waals surface area contributed by atoms with E-state index in [9.17, 15) is 4.79 Å². The third kappa shape index (κ3) is 1.11. The van der Waals surface area contributed by atoms with E-state index >= 15 is 0 Å². The summed E-state index contributed by atoms with van der Waals surface area (Å²) in [5.41, 5.74) is 0.933. The smallest absolute Gasteiger partial charge is 0.300 e. The van der Waals surface area contributed by atoms with Gasteiger partial charge in [-0.25, -0.2) is 4.98 Å². The molecule has 0 spiro atoms. The Kier molecular flexibility index (Phi) is 1.67. The third-order valence-corrected chi connectivity index (χ3v) is 3.47. The highest BCUT2D eigenvalue weighted by Gasteiger charge is 2.08. The second kappa shape index (κ2) is 2.90. The lowest BCUT2D eigenvalue weighted by molar-refractivity contribution is 0.941. The van der Waals surface area contributed by atoms with Crippen molar-refractivity contribution in [3.05, 3.63) is 40.1 Å². The molecule has 0 saturated carbocycles. The fourth-order valence-corrected chi connectivity index (χ4v) is 2.61. The summed E-state index contributed by atoms with van der Waals surface area (Å²) in [5.74, 6) is 0. The molecule has 74 valence electrons. The van der Waals surface area contributed by atoms with Gasteiger partial charge in [-0.1, -0.05) is 35.6 Å². The summed E-state index contributed by atoms with van der Waals surface area (Å²) in [5, 5.41) is 2.15. The van der Waals surface area contributed by atoms with E-state index in [1.54, 1.807) is 11.6 Å². The van der Waals surface area contributed by atoms with Crippen molar-refractivity contribution in [3.8, 4) is 0 Å². The van der Waals surface area contributed by atoms with Crippen molar-refractivity contribution in [2.75, 3.05) is 0 Å². The van der Waals surface area contributed by atoms with Crippen LogP contribution < -0.4 is 4.87 Å². The molecule has 2 heterocycles. The van der Waals surface area contributed by atoms with Crippen molar-refractivity contribution in [2.24, 2.45) is 7.05 Å². The van der Waals surface area contributed by atoms with Gasteiger partial charge in [0.05, 0.1) is 5.52 Å². The first-order chi connectivity index (χ1) is 7.27. The number of pyridine rings is 1. The number of aromatic nitrogens is 2. The Bertz CT molecular complexity index is 711. The van der Waals surface area contributed by atoms with Gasteiger partial charge in [0.15, 0.2) is 0 Å². The second-order valence-electron chi connectivity index (χ2n) is 3.43. The predicted molar refractivity (Wildman–Crippen MR) is 62.4 cm³/mol. The highest BCUT2D eigenvalue weighted by atomic mass is 32.1. The predicted octanol–water partition coefficient (Wildman–Crippen LogP) is 2.15. The van der Waals surface area contributed by atoms with E-state index in [0.717, 1.165) is 21.1 Å². The largest absolute Gasteiger partial charge is 0.309 e. The Morgan fingerprint density at radius 1 is 1.33 bits per heavy atom. The molecule has 0 aliphatic rings. The lowest BCUT2D eigenvalue weighted by Gasteiger charge is -1.99. The molecule has 3 rings (SSSR count). The fourth-order valence-electron chi connectivity index (χ4n) is 1.77. The summed E-state index contributed by atoms with van der Waals surface area (Å²) in [4.78, 5) is 16.7. The standard InChI is InChI=1S/C11H8N2OS/c1-13-9-8-5-3-2-4-7(8)6-12-10(9)15-11(13)14/h2-6H,1H3. The van der Waals surface area contributed by atoms with Crippen LogP contribution in [0.25, 0.3) is 21.1 Å². The molecule has 0 N–H and O–H groups in total. The van der Waals surface area contributed by atoms with Crippen molar-refractivity contribution >= 4 is 32.5 Å². The van der Waals surface area contributed by atoms with E-state index in [1.807, 2.05) is 30.5 Å². The van der Waals surface area contributed by atoms with Gasteiger partial charge < -0.3 is 0 Å². The minimum absolute atomic E-state index is 0.0360. The van der Waals surface area contributed by atoms with Crippen molar-refractivity contribution in [3.63, 3.8) is 0 Å². The van der Waals surface area contributed by atoms with Crippen LogP contribution in [0.4, 0.5) is 0 Å². The molecule has 0 aliphatic carbocycles. The van der Waals surface area contributed by atoms with Gasteiger partial charge in [0.2, 0.25) is 0 Å². The van der Waals surface area contributed by atoms with Gasteiger partial charge in [-0.15, -0.1) is 0 Å². The summed E-state index contributed by atoms with van der Waals surface area (Å²) in [6, 6.07) is 7.97. The topological polar surface area (TPSA) is 34.9 Å². The minimum Gasteiger partial charge on any atom is -0.300 e. The Morgan fingerprint density at radius 2 is 2.13 bits per heavy atom. The molecule has 0 amide bonds. The minimum atomic E-state index is 0.0360. The van der Waals surface area contributed by atoms with Crippen LogP contribution in [0.2, 0.25) is 0 Å². The van der Waals surface area contributed by atoms with E-state index in [4.69, 9.17) is 0 Å². The van der Waals surface area contributed by atoms with Gasteiger partial charge in [-0.2, -0.15) is 0 Å². The maximum absolute atomic E-state index is 11.5. The zero-order chi connectivity index (χ0) is 10.4. The number of rotatable bonds is 0. The molecule has 0 bridgehead atoms. The van der Waals surface area contributed by atoms with Crippen LogP contribution in [-0.4, -0.2) is 9.55 Å². The molecule has 2 aromatic heterocycles. The molecule has 0 unspecified atom stereocenters. The van der Waals surface area contributed by atoms with Gasteiger partial charge in [0.25, 0.3) is 0 Å². The van der Waals surface area contributed by atoms with E-state index in [1.165, 1.54) is 11.3 Å². The number of benzene rings is 1. The van der Waals surface area contributed by atoms with Crippen LogP contribution in [0.15, 0.2) is 35.3 Å². The number of fused-ring (bicyclic) bond motifs is 3. The highest BCUT2D eigenvalue weighted by Crippen LogP contribution is 2.23. The Hall–Kier alpha value is -1.68. The maximum atomic E-state index is 11.5. The van der Waals surface area contributed by atoms with E-state index in [2.05, 4.69) is 4.98 Å². The monoisotopic (exact) mass is 216 g/mol. The van der Waals surface area contributed by atoms with E-state index < -0.39 is 0 Å². The van der Waals surface area contributed by atoms with Crippen molar-refractivity contribution < 1.29 is 0 Å². The average molecular weight is 216 g/mol. The van der Waals surface area contributed by atoms with Crippen molar-refractivity contribution in [2.45, 2.75) is 0 Å². The van der Waals surface area contributed by atoms with Crippen LogP contribution >= 0.6 is 11.3 Å². The van der Waals surface area contributed by atoms with Gasteiger partial charge in [-0.3, -0.25) is 9.36 Å². The Morgan fingerprint density at radius 3 is 3.00 bits per heavy atom. The van der Waals surface area contributed by atoms with Crippen LogP contribution in [0.3, 0.4) is 0 Å². The van der Waals surface area contributed by atoms with Crippen molar-refractivity contribution in [1.29, 1.82) is 0 Å². The van der Waals surface area contributed by atoms with E-state index in [-0.39, 0.29) is 4.87 Å². The summed E-state index contributed by atoms with van der Waals surface area (Å²) >= 11 is 1.19. The van der Waals surface area contributed by atoms with Crippen LogP contribution in [-0.2, 0) is 7.05 Å². The number of nitrogens with zero attached hydrogens (tertiary/aromatic N) is 2. The molecule has 0 radical (unpaired) electrons. The van der Waals surface area contributed by atoms with Gasteiger partial charge in [0, 0.05) is 24.0 Å². The number of hydrogen-bond acceptors (Lipinski definition) is 3. The SMILES string of the molecule is Cn1c(=O)sc2ncc3ccccc3c21. The van der Waals surface area contributed by atoms with E-state index in [0.29, 0.717) is 0 Å². The summed E-state index contributed by atoms with van der Waals surface area (Å²) < 4.78 is 1.66. The normalized spacial score (nSPS) is 11.3. The molecule has 15 heavy (non-hydrogen) atoms. The van der Waals surface area contributed by atoms with Crippen LogP contribution in [0.1, 0.15) is 0 Å². The number of aryl methyl sites for hydroxylation is 1. The number of hydrogen-bond donors (Lipinski definition) is 0. The maximum Gasteiger partial charge on any atom is 0.309 e. The number of thiazole rings is 1.